The molecule has 0 aliphatic heterocycles. The van der Waals surface area contributed by atoms with E-state index < -0.39 is 0 Å². The van der Waals surface area contributed by atoms with Crippen LogP contribution in [-0.2, 0) is 0 Å². The van der Waals surface area contributed by atoms with Gasteiger partial charge in [0.15, 0.2) is 10.3 Å². The number of thiazole rings is 2. The van der Waals surface area contributed by atoms with Gasteiger partial charge in [0.2, 0.25) is 0 Å². The molecule has 0 amide bonds. The first-order valence-corrected chi connectivity index (χ1v) is 15.3. The summed E-state index contributed by atoms with van der Waals surface area (Å²) in [7, 11) is 0. The maximum Gasteiger partial charge on any atom is 0.180 e. The van der Waals surface area contributed by atoms with Crippen LogP contribution in [0.25, 0.3) is 22.5 Å². The Morgan fingerprint density at radius 3 is 1.11 bits per heavy atom. The monoisotopic (exact) mass is 628 g/mol. The van der Waals surface area contributed by atoms with Crippen molar-refractivity contribution in [3.8, 4) is 45.5 Å². The molecule has 224 valence electrons. The Hall–Kier alpha value is -4.80. The molecule has 0 aliphatic carbocycles. The number of hydrogen-bond acceptors (Lipinski definition) is 8. The molecule has 0 fully saturated rings. The summed E-state index contributed by atoms with van der Waals surface area (Å²) in [5.41, 5.74) is 19.6. The van der Waals surface area contributed by atoms with Gasteiger partial charge in [-0.25, -0.2) is 18.7 Å². The highest BCUT2D eigenvalue weighted by Gasteiger charge is 2.13. The number of nitrogen functional groups attached to an aromatic ring is 2. The average molecular weight is 629 g/mol. The molecule has 6 rings (SSSR count). The maximum absolute atomic E-state index is 12.9. The van der Waals surface area contributed by atoms with Crippen LogP contribution >= 0.6 is 22.7 Å². The Kier molecular flexibility index (Phi) is 9.22. The lowest BCUT2D eigenvalue weighted by Crippen LogP contribution is -1.93. The number of ether oxygens (including phenoxy) is 2. The largest absolute Gasteiger partial charge is 0.457 e. The Bertz CT molecular complexity index is 1720. The molecule has 0 radical (unpaired) electrons. The van der Waals surface area contributed by atoms with Crippen molar-refractivity contribution in [3.63, 3.8) is 0 Å². The van der Waals surface area contributed by atoms with Crippen molar-refractivity contribution in [3.05, 3.63) is 117 Å². The molecule has 2 heterocycles. The number of hydrogen-bond donors (Lipinski definition) is 2. The van der Waals surface area contributed by atoms with Crippen LogP contribution in [0.4, 0.5) is 19.0 Å². The zero-order valence-corrected chi connectivity index (χ0v) is 26.2. The molecule has 10 heteroatoms. The number of aromatic nitrogens is 2. The molecule has 0 bridgehead atoms. The van der Waals surface area contributed by atoms with E-state index in [1.54, 1.807) is 24.3 Å². The molecular weight excluding hydrogens is 599 g/mol. The summed E-state index contributed by atoms with van der Waals surface area (Å²) < 4.78 is 37.4. The molecule has 0 saturated heterocycles. The quantitative estimate of drug-likeness (QED) is 0.191. The fraction of sp³-hybridized carbons (Fsp3) is 0.118. The van der Waals surface area contributed by atoms with Crippen molar-refractivity contribution in [2.24, 2.45) is 0 Å². The lowest BCUT2D eigenvalue weighted by molar-refractivity contribution is 0.479. The van der Waals surface area contributed by atoms with Crippen LogP contribution in [-0.4, -0.2) is 9.97 Å². The third kappa shape index (κ3) is 7.39. The molecule has 0 unspecified atom stereocenters. The highest BCUT2D eigenvalue weighted by molar-refractivity contribution is 7.14. The summed E-state index contributed by atoms with van der Waals surface area (Å²) in [6.45, 7) is 8.04. The van der Waals surface area contributed by atoms with Crippen LogP contribution in [0, 0.1) is 39.3 Å². The topological polar surface area (TPSA) is 96.3 Å². The van der Waals surface area contributed by atoms with Crippen molar-refractivity contribution >= 4 is 32.9 Å². The first-order valence-electron chi connectivity index (χ1n) is 13.6. The van der Waals surface area contributed by atoms with E-state index in [0.29, 0.717) is 33.3 Å². The molecule has 6 nitrogen and oxygen atoms in total. The molecule has 0 aliphatic rings. The number of rotatable bonds is 6. The lowest BCUT2D eigenvalue weighted by atomic mass is 10.0. The number of nitrogens with two attached hydrogens (primary N) is 2. The van der Waals surface area contributed by atoms with Crippen LogP contribution in [0.2, 0.25) is 0 Å². The third-order valence-corrected chi connectivity index (χ3v) is 8.02. The first kappa shape index (κ1) is 30.7. The van der Waals surface area contributed by atoms with Crippen LogP contribution in [0.1, 0.15) is 22.3 Å². The summed E-state index contributed by atoms with van der Waals surface area (Å²) in [6, 6.07) is 19.7. The summed E-state index contributed by atoms with van der Waals surface area (Å²) >= 11 is 2.85. The number of nitrogens with zero attached hydrogens (tertiary/aromatic N) is 2. The molecule has 44 heavy (non-hydrogen) atoms. The zero-order chi connectivity index (χ0) is 31.4. The smallest absolute Gasteiger partial charge is 0.180 e. The maximum atomic E-state index is 12.9. The van der Waals surface area contributed by atoms with Crippen LogP contribution in [0.5, 0.6) is 23.0 Å². The van der Waals surface area contributed by atoms with Gasteiger partial charge in [0.05, 0.1) is 11.4 Å². The first-order chi connectivity index (χ1) is 21.0. The number of benzene rings is 4. The summed E-state index contributed by atoms with van der Waals surface area (Å²) in [4.78, 5) is 8.68. The van der Waals surface area contributed by atoms with Gasteiger partial charge in [0, 0.05) is 21.9 Å². The van der Waals surface area contributed by atoms with Crippen molar-refractivity contribution in [1.29, 1.82) is 0 Å². The van der Waals surface area contributed by atoms with E-state index in [1.165, 1.54) is 46.9 Å². The second-order valence-electron chi connectivity index (χ2n) is 10.1. The van der Waals surface area contributed by atoms with Gasteiger partial charge >= 0.3 is 0 Å². The van der Waals surface area contributed by atoms with Gasteiger partial charge in [-0.05, 0) is 123 Å². The van der Waals surface area contributed by atoms with Crippen LogP contribution in [0.15, 0.2) is 83.6 Å². The minimum Gasteiger partial charge on any atom is -0.457 e. The Balaban J connectivity index is 0.000000175. The molecule has 0 saturated carbocycles. The SMILES string of the molecule is Cc1cc(Oc2ccc(F)cc2)cc(C)c1-c1csc(N)n1.Cc1cc(Oc2ccc(F)cc2)cc(C)c1-c1csc(N)n1. The van der Waals surface area contributed by atoms with E-state index in [1.807, 2.05) is 62.7 Å². The second-order valence-corrected chi connectivity index (χ2v) is 11.9. The highest BCUT2D eigenvalue weighted by atomic mass is 32.1. The fourth-order valence-electron chi connectivity index (χ4n) is 4.86. The zero-order valence-electron chi connectivity index (χ0n) is 24.5. The van der Waals surface area contributed by atoms with Crippen molar-refractivity contribution < 1.29 is 18.3 Å². The molecule has 6 aromatic rings. The Morgan fingerprint density at radius 1 is 0.523 bits per heavy atom. The van der Waals surface area contributed by atoms with Gasteiger partial charge in [-0.2, -0.15) is 0 Å². The summed E-state index contributed by atoms with van der Waals surface area (Å²) in [5.74, 6) is 2.08. The predicted octanol–water partition coefficient (Wildman–Crippen LogP) is 9.88. The van der Waals surface area contributed by atoms with Crippen LogP contribution < -0.4 is 20.9 Å². The van der Waals surface area contributed by atoms with Crippen molar-refractivity contribution in [2.75, 3.05) is 11.5 Å². The Labute approximate surface area is 262 Å². The lowest BCUT2D eigenvalue weighted by Gasteiger charge is -2.12. The fourth-order valence-corrected chi connectivity index (χ4v) is 5.96. The van der Waals surface area contributed by atoms with Gasteiger partial charge in [-0.3, -0.25) is 0 Å². The molecule has 0 atom stereocenters. The van der Waals surface area contributed by atoms with E-state index in [4.69, 9.17) is 20.9 Å². The van der Waals surface area contributed by atoms with Crippen LogP contribution in [0.3, 0.4) is 0 Å². The standard InChI is InChI=1S/2C17H15FN2OS/c2*1-10-7-14(21-13-5-3-12(18)4-6-13)8-11(2)16(10)15-9-22-17(19)20-15/h2*3-9H,1-2H3,(H2,19,20). The van der Waals surface area contributed by atoms with E-state index in [-0.39, 0.29) is 11.6 Å². The average Bonchev–Trinajstić information content (AvgIpc) is 3.59. The second kappa shape index (κ2) is 13.2. The highest BCUT2D eigenvalue weighted by Crippen LogP contribution is 2.35. The third-order valence-electron chi connectivity index (χ3n) is 6.67. The number of aryl methyl sites for hydroxylation is 4. The molecule has 4 N–H and O–H groups in total. The van der Waals surface area contributed by atoms with Gasteiger partial charge in [-0.15, -0.1) is 22.7 Å². The van der Waals surface area contributed by atoms with Crippen molar-refractivity contribution in [1.82, 2.24) is 9.97 Å². The summed E-state index contributed by atoms with van der Waals surface area (Å²) in [5, 5.41) is 5.01. The van der Waals surface area contributed by atoms with Crippen molar-refractivity contribution in [2.45, 2.75) is 27.7 Å². The Morgan fingerprint density at radius 2 is 0.841 bits per heavy atom. The van der Waals surface area contributed by atoms with Gasteiger partial charge in [0.25, 0.3) is 0 Å². The molecule has 0 spiro atoms. The normalized spacial score (nSPS) is 10.7. The molecule has 2 aromatic heterocycles. The molecule has 4 aromatic carbocycles. The van der Waals surface area contributed by atoms with Gasteiger partial charge < -0.3 is 20.9 Å². The van der Waals surface area contributed by atoms with Gasteiger partial charge in [0.1, 0.15) is 34.6 Å². The van der Waals surface area contributed by atoms with E-state index >= 15 is 0 Å². The minimum atomic E-state index is -0.281. The minimum absolute atomic E-state index is 0.281. The summed E-state index contributed by atoms with van der Waals surface area (Å²) in [6.07, 6.45) is 0. The molecular formula is C34H30F2N4O2S2. The van der Waals surface area contributed by atoms with E-state index in [0.717, 1.165) is 44.8 Å². The van der Waals surface area contributed by atoms with Gasteiger partial charge in [-0.1, -0.05) is 0 Å². The van der Waals surface area contributed by atoms with E-state index in [9.17, 15) is 8.78 Å². The van der Waals surface area contributed by atoms with E-state index in [2.05, 4.69) is 9.97 Å². The number of halogens is 2. The number of anilines is 2. The predicted molar refractivity (Wildman–Crippen MR) is 176 cm³/mol.